The summed E-state index contributed by atoms with van der Waals surface area (Å²) in [7, 11) is 0. The molecule has 6 heteroatoms. The first-order valence-corrected chi connectivity index (χ1v) is 8.10. The van der Waals surface area contributed by atoms with Crippen molar-refractivity contribution in [2.75, 3.05) is 6.54 Å². The molecule has 0 saturated carbocycles. The lowest BCUT2D eigenvalue weighted by Gasteiger charge is -2.04. The van der Waals surface area contributed by atoms with E-state index in [2.05, 4.69) is 50.4 Å². The fourth-order valence-electron chi connectivity index (χ4n) is 1.47. The van der Waals surface area contributed by atoms with E-state index in [1.165, 1.54) is 22.0 Å². The third-order valence-electron chi connectivity index (χ3n) is 2.41. The highest BCUT2D eigenvalue weighted by Gasteiger charge is 2.06. The fourth-order valence-corrected chi connectivity index (χ4v) is 3.92. The molecule has 0 amide bonds. The second-order valence-electron chi connectivity index (χ2n) is 3.72. The predicted molar refractivity (Wildman–Crippen MR) is 80.3 cm³/mol. The summed E-state index contributed by atoms with van der Waals surface area (Å²) in [5.41, 5.74) is 6.81. The fraction of sp³-hybridized carbons (Fsp3) is 0.333. The summed E-state index contributed by atoms with van der Waals surface area (Å²) >= 11 is 6.68. The van der Waals surface area contributed by atoms with Crippen LogP contribution in [0.2, 0.25) is 0 Å². The maximum Gasteiger partial charge on any atom is 0.174 e. The zero-order valence-corrected chi connectivity index (χ0v) is 13.2. The molecule has 0 fully saturated rings. The van der Waals surface area contributed by atoms with Crippen LogP contribution in [-0.4, -0.2) is 15.9 Å². The van der Waals surface area contributed by atoms with Gasteiger partial charge in [-0.25, -0.2) is 4.98 Å². The molecular weight excluding hydrogens is 330 g/mol. The van der Waals surface area contributed by atoms with E-state index in [4.69, 9.17) is 5.73 Å². The number of halogens is 1. The highest BCUT2D eigenvalue weighted by Crippen LogP contribution is 2.32. The largest absolute Gasteiger partial charge is 0.330 e. The number of benzene rings is 1. The smallest absolute Gasteiger partial charge is 0.174 e. The standard InChI is InChI=1S/C12H14BrN3S2/c1-2-11-15-12(18-16-11)17-9-4-3-8(5-6-14)10(13)7-9/h3-4,7H,2,5-6,14H2,1H3. The molecule has 0 bridgehead atoms. The van der Waals surface area contributed by atoms with Gasteiger partial charge >= 0.3 is 0 Å². The molecule has 1 aromatic heterocycles. The Hall–Kier alpha value is -0.430. The van der Waals surface area contributed by atoms with Crippen LogP contribution in [-0.2, 0) is 12.8 Å². The Kier molecular flexibility index (Phi) is 5.17. The first kappa shape index (κ1) is 14.0. The van der Waals surface area contributed by atoms with Gasteiger partial charge in [0.2, 0.25) is 0 Å². The summed E-state index contributed by atoms with van der Waals surface area (Å²) in [6.45, 7) is 2.73. The Balaban J connectivity index is 2.12. The normalized spacial score (nSPS) is 10.8. The van der Waals surface area contributed by atoms with E-state index in [0.717, 1.165) is 27.5 Å². The second-order valence-corrected chi connectivity index (χ2v) is 6.65. The third kappa shape index (κ3) is 3.54. The Morgan fingerprint density at radius 1 is 1.44 bits per heavy atom. The lowest BCUT2D eigenvalue weighted by molar-refractivity contribution is 0.960. The molecule has 0 saturated heterocycles. The highest BCUT2D eigenvalue weighted by molar-refractivity contribution is 9.10. The quantitative estimate of drug-likeness (QED) is 0.902. The molecule has 96 valence electrons. The molecule has 1 heterocycles. The van der Waals surface area contributed by atoms with E-state index in [1.54, 1.807) is 11.8 Å². The molecule has 0 aliphatic carbocycles. The third-order valence-corrected chi connectivity index (χ3v) is 4.93. The van der Waals surface area contributed by atoms with Crippen LogP contribution < -0.4 is 5.73 Å². The predicted octanol–water partition coefficient (Wildman–Crippen LogP) is 3.52. The van der Waals surface area contributed by atoms with Crippen molar-refractivity contribution in [3.8, 4) is 0 Å². The summed E-state index contributed by atoms with van der Waals surface area (Å²) in [4.78, 5) is 5.62. The van der Waals surface area contributed by atoms with E-state index < -0.39 is 0 Å². The minimum Gasteiger partial charge on any atom is -0.330 e. The molecule has 2 aromatic rings. The monoisotopic (exact) mass is 343 g/mol. The lowest BCUT2D eigenvalue weighted by atomic mass is 10.1. The number of nitrogens with zero attached hydrogens (tertiary/aromatic N) is 2. The average molecular weight is 344 g/mol. The number of aromatic nitrogens is 2. The number of rotatable bonds is 5. The summed E-state index contributed by atoms with van der Waals surface area (Å²) in [5.74, 6) is 0.918. The first-order valence-electron chi connectivity index (χ1n) is 5.72. The van der Waals surface area contributed by atoms with Gasteiger partial charge in [-0.15, -0.1) is 0 Å². The number of hydrogen-bond donors (Lipinski definition) is 1. The van der Waals surface area contributed by atoms with Crippen LogP contribution in [0.1, 0.15) is 18.3 Å². The van der Waals surface area contributed by atoms with Crippen LogP contribution in [0.5, 0.6) is 0 Å². The number of hydrogen-bond acceptors (Lipinski definition) is 5. The maximum atomic E-state index is 5.57. The summed E-state index contributed by atoms with van der Waals surface area (Å²) in [5, 5.41) is 0. The SMILES string of the molecule is CCc1nsc(Sc2ccc(CCN)c(Br)c2)n1. The molecule has 2 rings (SSSR count). The summed E-state index contributed by atoms with van der Waals surface area (Å²) in [6, 6.07) is 6.33. The van der Waals surface area contributed by atoms with Crippen molar-refractivity contribution in [1.29, 1.82) is 0 Å². The zero-order chi connectivity index (χ0) is 13.0. The molecule has 0 aliphatic heterocycles. The van der Waals surface area contributed by atoms with Crippen LogP contribution >= 0.6 is 39.2 Å². The molecule has 0 radical (unpaired) electrons. The van der Waals surface area contributed by atoms with E-state index in [9.17, 15) is 0 Å². The molecule has 0 atom stereocenters. The van der Waals surface area contributed by atoms with Crippen molar-refractivity contribution in [3.63, 3.8) is 0 Å². The molecule has 0 unspecified atom stereocenters. The Bertz CT molecular complexity index is 528. The van der Waals surface area contributed by atoms with Gasteiger partial charge in [0.05, 0.1) is 0 Å². The van der Waals surface area contributed by atoms with Crippen LogP contribution in [0, 0.1) is 0 Å². The van der Waals surface area contributed by atoms with Gasteiger partial charge in [-0.2, -0.15) is 4.37 Å². The van der Waals surface area contributed by atoms with Crippen LogP contribution in [0.15, 0.2) is 31.9 Å². The van der Waals surface area contributed by atoms with E-state index >= 15 is 0 Å². The van der Waals surface area contributed by atoms with Crippen LogP contribution in [0.3, 0.4) is 0 Å². The minimum atomic E-state index is 0.668. The van der Waals surface area contributed by atoms with Gasteiger partial charge in [0.1, 0.15) is 5.82 Å². The van der Waals surface area contributed by atoms with Gasteiger partial charge in [-0.3, -0.25) is 0 Å². The van der Waals surface area contributed by atoms with E-state index in [0.29, 0.717) is 6.54 Å². The molecule has 3 nitrogen and oxygen atoms in total. The van der Waals surface area contributed by atoms with Gasteiger partial charge in [0.25, 0.3) is 0 Å². The summed E-state index contributed by atoms with van der Waals surface area (Å²) in [6.07, 6.45) is 1.78. The van der Waals surface area contributed by atoms with Crippen molar-refractivity contribution in [1.82, 2.24) is 9.36 Å². The van der Waals surface area contributed by atoms with Gasteiger partial charge < -0.3 is 5.73 Å². The molecule has 0 spiro atoms. The first-order chi connectivity index (χ1) is 8.72. The van der Waals surface area contributed by atoms with Gasteiger partial charge in [0.15, 0.2) is 4.34 Å². The van der Waals surface area contributed by atoms with Crippen molar-refractivity contribution >= 4 is 39.2 Å². The topological polar surface area (TPSA) is 51.8 Å². The van der Waals surface area contributed by atoms with Gasteiger partial charge in [0, 0.05) is 15.8 Å². The molecule has 0 aliphatic rings. The van der Waals surface area contributed by atoms with Gasteiger partial charge in [-0.1, -0.05) is 40.7 Å². The Morgan fingerprint density at radius 3 is 2.89 bits per heavy atom. The van der Waals surface area contributed by atoms with Crippen LogP contribution in [0.4, 0.5) is 0 Å². The average Bonchev–Trinajstić information content (AvgIpc) is 2.80. The van der Waals surface area contributed by atoms with E-state index in [1.807, 2.05) is 0 Å². The van der Waals surface area contributed by atoms with E-state index in [-0.39, 0.29) is 0 Å². The summed E-state index contributed by atoms with van der Waals surface area (Å²) < 4.78 is 6.38. The number of nitrogens with two attached hydrogens (primary N) is 1. The lowest BCUT2D eigenvalue weighted by Crippen LogP contribution is -2.03. The van der Waals surface area contributed by atoms with Crippen molar-refractivity contribution in [3.05, 3.63) is 34.1 Å². The Morgan fingerprint density at radius 2 is 2.28 bits per heavy atom. The Labute approximate surface area is 123 Å². The number of aryl methyl sites for hydroxylation is 1. The second kappa shape index (κ2) is 6.65. The molecule has 1 aromatic carbocycles. The van der Waals surface area contributed by atoms with Crippen molar-refractivity contribution < 1.29 is 0 Å². The highest BCUT2D eigenvalue weighted by atomic mass is 79.9. The molecule has 2 N–H and O–H groups in total. The maximum absolute atomic E-state index is 5.57. The minimum absolute atomic E-state index is 0.668. The van der Waals surface area contributed by atoms with Crippen molar-refractivity contribution in [2.45, 2.75) is 29.0 Å². The molecular formula is C12H14BrN3S2. The van der Waals surface area contributed by atoms with Crippen molar-refractivity contribution in [2.24, 2.45) is 5.73 Å². The van der Waals surface area contributed by atoms with Gasteiger partial charge in [-0.05, 0) is 42.2 Å². The zero-order valence-electron chi connectivity index (χ0n) is 10.0. The van der Waals surface area contributed by atoms with Crippen LogP contribution in [0.25, 0.3) is 0 Å². The molecule has 18 heavy (non-hydrogen) atoms.